The number of pyridine rings is 1. The van der Waals surface area contributed by atoms with Crippen LogP contribution in [-0.2, 0) is 26.1 Å². The SMILES string of the molecule is O=c1cc(CN2Cc3ccccc3C2)occ1OCCCc1ccncc1. The monoisotopic (exact) mass is 362 g/mol. The van der Waals surface area contributed by atoms with Gasteiger partial charge in [-0.2, -0.15) is 0 Å². The van der Waals surface area contributed by atoms with Crippen molar-refractivity contribution in [1.82, 2.24) is 9.88 Å². The summed E-state index contributed by atoms with van der Waals surface area (Å²) in [6, 6.07) is 13.9. The predicted molar refractivity (Wildman–Crippen MR) is 102 cm³/mol. The predicted octanol–water partition coefficient (Wildman–Crippen LogP) is 3.56. The fourth-order valence-electron chi connectivity index (χ4n) is 3.37. The third kappa shape index (κ3) is 4.44. The molecule has 0 atom stereocenters. The smallest absolute Gasteiger partial charge is 0.227 e. The molecular weight excluding hydrogens is 340 g/mol. The number of fused-ring (bicyclic) bond motifs is 1. The van der Waals surface area contributed by atoms with E-state index in [1.165, 1.54) is 23.0 Å². The molecule has 3 heterocycles. The van der Waals surface area contributed by atoms with Gasteiger partial charge in [0.1, 0.15) is 12.0 Å². The molecule has 3 aromatic rings. The highest BCUT2D eigenvalue weighted by atomic mass is 16.5. The second kappa shape index (κ2) is 8.18. The maximum absolute atomic E-state index is 12.3. The quantitative estimate of drug-likeness (QED) is 0.602. The van der Waals surface area contributed by atoms with Gasteiger partial charge in [0.15, 0.2) is 0 Å². The van der Waals surface area contributed by atoms with Crippen LogP contribution in [0.2, 0.25) is 0 Å². The maximum atomic E-state index is 12.3. The van der Waals surface area contributed by atoms with Crippen molar-refractivity contribution in [3.8, 4) is 5.75 Å². The third-order valence-electron chi connectivity index (χ3n) is 4.75. The molecular formula is C22H22N2O3. The van der Waals surface area contributed by atoms with Gasteiger partial charge in [-0.3, -0.25) is 14.7 Å². The van der Waals surface area contributed by atoms with Crippen LogP contribution in [-0.4, -0.2) is 16.5 Å². The Kier molecular flexibility index (Phi) is 5.30. The van der Waals surface area contributed by atoms with Crippen molar-refractivity contribution in [2.45, 2.75) is 32.5 Å². The van der Waals surface area contributed by atoms with Crippen LogP contribution >= 0.6 is 0 Å². The Morgan fingerprint density at radius 1 is 1.07 bits per heavy atom. The molecule has 5 heteroatoms. The van der Waals surface area contributed by atoms with Crippen LogP contribution < -0.4 is 10.2 Å². The Balaban J connectivity index is 1.28. The van der Waals surface area contributed by atoms with Crippen LogP contribution in [0.1, 0.15) is 28.9 Å². The van der Waals surface area contributed by atoms with Gasteiger partial charge in [-0.1, -0.05) is 24.3 Å². The molecule has 1 aromatic carbocycles. The van der Waals surface area contributed by atoms with Gasteiger partial charge in [-0.25, -0.2) is 0 Å². The molecule has 0 bridgehead atoms. The van der Waals surface area contributed by atoms with E-state index in [2.05, 4.69) is 34.1 Å². The second-order valence-electron chi connectivity index (χ2n) is 6.80. The third-order valence-corrected chi connectivity index (χ3v) is 4.75. The number of nitrogens with zero attached hydrogens (tertiary/aromatic N) is 2. The lowest BCUT2D eigenvalue weighted by atomic mass is 10.1. The summed E-state index contributed by atoms with van der Waals surface area (Å²) in [7, 11) is 0. The highest BCUT2D eigenvalue weighted by molar-refractivity contribution is 5.30. The summed E-state index contributed by atoms with van der Waals surface area (Å²) in [5.74, 6) is 0.940. The van der Waals surface area contributed by atoms with Crippen molar-refractivity contribution in [2.24, 2.45) is 0 Å². The van der Waals surface area contributed by atoms with Crippen molar-refractivity contribution >= 4 is 0 Å². The summed E-state index contributed by atoms with van der Waals surface area (Å²) in [6.07, 6.45) is 6.72. The zero-order valence-electron chi connectivity index (χ0n) is 15.1. The first-order chi connectivity index (χ1) is 13.3. The van der Waals surface area contributed by atoms with E-state index in [1.54, 1.807) is 18.5 Å². The van der Waals surface area contributed by atoms with Crippen LogP contribution in [0.4, 0.5) is 0 Å². The Morgan fingerprint density at radius 2 is 1.81 bits per heavy atom. The van der Waals surface area contributed by atoms with Gasteiger partial charge in [-0.05, 0) is 41.7 Å². The van der Waals surface area contributed by atoms with E-state index in [0.29, 0.717) is 18.9 Å². The van der Waals surface area contributed by atoms with Gasteiger partial charge < -0.3 is 9.15 Å². The van der Waals surface area contributed by atoms with Gasteiger partial charge in [0.25, 0.3) is 0 Å². The Labute approximate surface area is 158 Å². The fourth-order valence-corrected chi connectivity index (χ4v) is 3.37. The molecule has 0 saturated carbocycles. The molecule has 138 valence electrons. The molecule has 2 aromatic heterocycles. The van der Waals surface area contributed by atoms with Crippen LogP contribution in [0.25, 0.3) is 0 Å². The van der Waals surface area contributed by atoms with E-state index in [-0.39, 0.29) is 11.2 Å². The molecule has 0 aliphatic carbocycles. The molecule has 1 aliphatic heterocycles. The molecule has 0 spiro atoms. The summed E-state index contributed by atoms with van der Waals surface area (Å²) < 4.78 is 11.2. The number of hydrogen-bond acceptors (Lipinski definition) is 5. The van der Waals surface area contributed by atoms with Crippen molar-refractivity contribution in [3.63, 3.8) is 0 Å². The zero-order valence-corrected chi connectivity index (χ0v) is 15.1. The van der Waals surface area contributed by atoms with Crippen molar-refractivity contribution in [2.75, 3.05) is 6.61 Å². The average molecular weight is 362 g/mol. The summed E-state index contributed by atoms with van der Waals surface area (Å²) >= 11 is 0. The highest BCUT2D eigenvalue weighted by Crippen LogP contribution is 2.23. The summed E-state index contributed by atoms with van der Waals surface area (Å²) in [4.78, 5) is 18.5. The van der Waals surface area contributed by atoms with E-state index in [1.807, 2.05) is 12.1 Å². The molecule has 0 radical (unpaired) electrons. The summed E-state index contributed by atoms with van der Waals surface area (Å²) in [6.45, 7) is 2.86. The number of aromatic nitrogens is 1. The first-order valence-electron chi connectivity index (χ1n) is 9.20. The van der Waals surface area contributed by atoms with Gasteiger partial charge in [-0.15, -0.1) is 0 Å². The molecule has 0 N–H and O–H groups in total. The van der Waals surface area contributed by atoms with Gasteiger partial charge >= 0.3 is 0 Å². The Bertz CT molecular complexity index is 928. The summed E-state index contributed by atoms with van der Waals surface area (Å²) in [5.41, 5.74) is 3.77. The highest BCUT2D eigenvalue weighted by Gasteiger charge is 2.19. The minimum Gasteiger partial charge on any atom is -0.487 e. The molecule has 27 heavy (non-hydrogen) atoms. The lowest BCUT2D eigenvalue weighted by molar-refractivity contribution is 0.242. The molecule has 4 rings (SSSR count). The molecule has 0 unspecified atom stereocenters. The molecule has 5 nitrogen and oxygen atoms in total. The maximum Gasteiger partial charge on any atom is 0.227 e. The van der Waals surface area contributed by atoms with Crippen LogP contribution in [0.3, 0.4) is 0 Å². The minimum absolute atomic E-state index is 0.128. The number of ether oxygens (including phenoxy) is 1. The van der Waals surface area contributed by atoms with Crippen LogP contribution in [0, 0.1) is 0 Å². The largest absolute Gasteiger partial charge is 0.487 e. The lowest BCUT2D eigenvalue weighted by Crippen LogP contribution is -2.17. The van der Waals surface area contributed by atoms with Gasteiger partial charge in [0, 0.05) is 31.5 Å². The van der Waals surface area contributed by atoms with E-state index in [0.717, 1.165) is 25.9 Å². The second-order valence-corrected chi connectivity index (χ2v) is 6.80. The van der Waals surface area contributed by atoms with Crippen LogP contribution in [0.5, 0.6) is 5.75 Å². The first-order valence-corrected chi connectivity index (χ1v) is 9.20. The van der Waals surface area contributed by atoms with Gasteiger partial charge in [0.05, 0.1) is 13.2 Å². The number of benzene rings is 1. The van der Waals surface area contributed by atoms with Crippen molar-refractivity contribution < 1.29 is 9.15 Å². The average Bonchev–Trinajstić information content (AvgIpc) is 3.10. The van der Waals surface area contributed by atoms with E-state index >= 15 is 0 Å². The lowest BCUT2D eigenvalue weighted by Gasteiger charge is -2.14. The van der Waals surface area contributed by atoms with Crippen LogP contribution in [0.15, 0.2) is 70.3 Å². The van der Waals surface area contributed by atoms with Gasteiger partial charge in [0.2, 0.25) is 11.2 Å². The van der Waals surface area contributed by atoms with E-state index in [9.17, 15) is 4.79 Å². The van der Waals surface area contributed by atoms with Crippen molar-refractivity contribution in [1.29, 1.82) is 0 Å². The fraction of sp³-hybridized carbons (Fsp3) is 0.273. The number of rotatable bonds is 7. The molecule has 1 aliphatic rings. The van der Waals surface area contributed by atoms with Crippen molar-refractivity contribution in [3.05, 3.63) is 93.8 Å². The standard InChI is InChI=1S/C22H22N2O3/c25-21-12-20(15-24-13-18-5-1-2-6-19(18)14-24)27-16-22(21)26-11-3-4-17-7-9-23-10-8-17/h1-2,5-10,12,16H,3-4,11,13-15H2. The minimum atomic E-state index is -0.128. The molecule has 0 saturated heterocycles. The van der Waals surface area contributed by atoms with E-state index < -0.39 is 0 Å². The summed E-state index contributed by atoms with van der Waals surface area (Å²) in [5, 5.41) is 0. The van der Waals surface area contributed by atoms with E-state index in [4.69, 9.17) is 9.15 Å². The normalized spacial score (nSPS) is 13.5. The Morgan fingerprint density at radius 3 is 2.52 bits per heavy atom. The first kappa shape index (κ1) is 17.5. The topological polar surface area (TPSA) is 55.6 Å². The zero-order chi connectivity index (χ0) is 18.5. The number of aryl methyl sites for hydroxylation is 1. The Hall–Kier alpha value is -2.92. The number of hydrogen-bond donors (Lipinski definition) is 0. The molecule has 0 fully saturated rings. The molecule has 0 amide bonds.